The third-order valence-electron chi connectivity index (χ3n) is 12.2. The van der Waals surface area contributed by atoms with Crippen molar-refractivity contribution in [3.8, 4) is 33.4 Å². The van der Waals surface area contributed by atoms with Gasteiger partial charge in [0, 0.05) is 24.0 Å². The molecule has 52 heavy (non-hydrogen) atoms. The van der Waals surface area contributed by atoms with Crippen LogP contribution >= 0.6 is 0 Å². The third kappa shape index (κ3) is 3.53. The molecule has 1 heteroatoms. The van der Waals surface area contributed by atoms with Gasteiger partial charge >= 0.3 is 0 Å². The minimum atomic E-state index is -0.500. The van der Waals surface area contributed by atoms with Crippen LogP contribution in [0.5, 0.6) is 0 Å². The highest BCUT2D eigenvalue weighted by molar-refractivity contribution is 6.00. The lowest BCUT2D eigenvalue weighted by Gasteiger charge is -2.37. The number of anilines is 2. The van der Waals surface area contributed by atoms with Gasteiger partial charge in [0.1, 0.15) is 0 Å². The first-order valence-electron chi connectivity index (χ1n) is 18.3. The minimum Gasteiger partial charge on any atom is -0.344 e. The maximum absolute atomic E-state index is 2.46. The average molecular weight is 662 g/mol. The number of benzene rings is 8. The van der Waals surface area contributed by atoms with Gasteiger partial charge in [-0.05, 0) is 84.5 Å². The highest BCUT2D eigenvalue weighted by Gasteiger charge is 2.52. The van der Waals surface area contributed by atoms with Gasteiger partial charge in [-0.3, -0.25) is 0 Å². The minimum absolute atomic E-state index is 0.385. The van der Waals surface area contributed by atoms with E-state index in [0.717, 1.165) is 0 Å². The van der Waals surface area contributed by atoms with Crippen molar-refractivity contribution in [2.24, 2.45) is 0 Å². The zero-order valence-corrected chi connectivity index (χ0v) is 28.9. The first-order chi connectivity index (χ1) is 25.8. The molecule has 0 bridgehead atoms. The maximum atomic E-state index is 2.46. The Morgan fingerprint density at radius 1 is 0.288 bits per heavy atom. The van der Waals surface area contributed by atoms with Crippen molar-refractivity contribution in [3.05, 3.63) is 239 Å². The van der Waals surface area contributed by atoms with E-state index in [1.54, 1.807) is 0 Å². The lowest BCUT2D eigenvalue weighted by atomic mass is 9.67. The third-order valence-corrected chi connectivity index (χ3v) is 12.2. The Hall–Kier alpha value is -6.44. The molecule has 11 rings (SSSR count). The number of fused-ring (bicyclic) bond motifs is 13. The van der Waals surface area contributed by atoms with Gasteiger partial charge in [0.05, 0.1) is 10.8 Å². The Bertz CT molecular complexity index is 2630. The highest BCUT2D eigenvalue weighted by atomic mass is 15.1. The second-order valence-electron chi connectivity index (χ2n) is 14.4. The van der Waals surface area contributed by atoms with E-state index in [9.17, 15) is 0 Å². The summed E-state index contributed by atoms with van der Waals surface area (Å²) in [4.78, 5) is 2.46. The molecule has 0 atom stereocenters. The Labute approximate surface area is 305 Å². The molecule has 0 fully saturated rings. The predicted molar refractivity (Wildman–Crippen MR) is 215 cm³/mol. The van der Waals surface area contributed by atoms with Gasteiger partial charge in [0.25, 0.3) is 0 Å². The van der Waals surface area contributed by atoms with Crippen molar-refractivity contribution >= 4 is 11.4 Å². The molecule has 3 aliphatic carbocycles. The quantitative estimate of drug-likeness (QED) is 0.181. The predicted octanol–water partition coefficient (Wildman–Crippen LogP) is 12.2. The molecule has 0 unspecified atom stereocenters. The lowest BCUT2D eigenvalue weighted by Crippen LogP contribution is -2.31. The number of hydrogen-bond acceptors (Lipinski definition) is 1. The molecule has 0 aliphatic heterocycles. The van der Waals surface area contributed by atoms with E-state index in [4.69, 9.17) is 0 Å². The van der Waals surface area contributed by atoms with Crippen LogP contribution in [0.4, 0.5) is 11.4 Å². The molecule has 1 spiro atoms. The van der Waals surface area contributed by atoms with Crippen molar-refractivity contribution in [1.82, 2.24) is 0 Å². The summed E-state index contributed by atoms with van der Waals surface area (Å²) in [5, 5.41) is 0. The van der Waals surface area contributed by atoms with Crippen molar-refractivity contribution < 1.29 is 0 Å². The maximum Gasteiger partial charge on any atom is 0.0733 e. The normalized spacial score (nSPS) is 14.6. The smallest absolute Gasteiger partial charge is 0.0733 e. The molecule has 0 heterocycles. The van der Waals surface area contributed by atoms with Gasteiger partial charge in [-0.1, -0.05) is 182 Å². The largest absolute Gasteiger partial charge is 0.344 e. The second-order valence-corrected chi connectivity index (χ2v) is 14.4. The average Bonchev–Trinajstić information content (AvgIpc) is 3.81. The fourth-order valence-corrected chi connectivity index (χ4v) is 10.3. The van der Waals surface area contributed by atoms with Crippen LogP contribution in [0, 0.1) is 0 Å². The summed E-state index contributed by atoms with van der Waals surface area (Å²) in [7, 11) is 2.27. The van der Waals surface area contributed by atoms with Gasteiger partial charge < -0.3 is 4.90 Å². The monoisotopic (exact) mass is 661 g/mol. The molecular weight excluding hydrogens is 627 g/mol. The van der Waals surface area contributed by atoms with Crippen LogP contribution in [-0.4, -0.2) is 7.05 Å². The van der Waals surface area contributed by atoms with Crippen molar-refractivity contribution in [2.75, 3.05) is 11.9 Å². The second kappa shape index (κ2) is 10.8. The summed E-state index contributed by atoms with van der Waals surface area (Å²) in [5.41, 5.74) is 20.0. The van der Waals surface area contributed by atoms with Crippen LogP contribution in [0.1, 0.15) is 44.5 Å². The summed E-state index contributed by atoms with van der Waals surface area (Å²) < 4.78 is 0. The van der Waals surface area contributed by atoms with Crippen molar-refractivity contribution in [3.63, 3.8) is 0 Å². The van der Waals surface area contributed by atoms with E-state index in [0.29, 0.717) is 0 Å². The molecule has 244 valence electrons. The van der Waals surface area contributed by atoms with Crippen molar-refractivity contribution in [1.29, 1.82) is 0 Å². The molecule has 8 aromatic rings. The van der Waals surface area contributed by atoms with E-state index >= 15 is 0 Å². The van der Waals surface area contributed by atoms with Gasteiger partial charge in [0.2, 0.25) is 0 Å². The Balaban J connectivity index is 1.20. The Morgan fingerprint density at radius 2 is 0.654 bits per heavy atom. The molecule has 0 saturated carbocycles. The first-order valence-corrected chi connectivity index (χ1v) is 18.3. The summed E-state index contributed by atoms with van der Waals surface area (Å²) in [6.45, 7) is 0. The summed E-state index contributed by atoms with van der Waals surface area (Å²) in [6.07, 6.45) is 0. The highest BCUT2D eigenvalue weighted by Crippen LogP contribution is 2.65. The Morgan fingerprint density at radius 3 is 1.19 bits per heavy atom. The van der Waals surface area contributed by atoms with Crippen LogP contribution in [0.25, 0.3) is 33.4 Å². The van der Waals surface area contributed by atoms with Gasteiger partial charge in [-0.25, -0.2) is 0 Å². The van der Waals surface area contributed by atoms with Crippen LogP contribution in [-0.2, 0) is 10.8 Å². The van der Waals surface area contributed by atoms with E-state index in [2.05, 4.69) is 206 Å². The molecule has 0 amide bonds. The van der Waals surface area contributed by atoms with Crippen LogP contribution in [0.15, 0.2) is 194 Å². The summed E-state index contributed by atoms with van der Waals surface area (Å²) in [5.74, 6) is 0. The van der Waals surface area contributed by atoms with Crippen molar-refractivity contribution in [2.45, 2.75) is 10.8 Å². The van der Waals surface area contributed by atoms with Crippen LogP contribution in [0.3, 0.4) is 0 Å². The molecule has 0 aromatic heterocycles. The van der Waals surface area contributed by atoms with E-state index in [1.165, 1.54) is 89.3 Å². The van der Waals surface area contributed by atoms with Gasteiger partial charge in [0.15, 0.2) is 0 Å². The lowest BCUT2D eigenvalue weighted by molar-refractivity contribution is 0.766. The zero-order valence-electron chi connectivity index (χ0n) is 28.9. The van der Waals surface area contributed by atoms with E-state index < -0.39 is 5.41 Å². The number of rotatable bonds is 4. The number of para-hydroxylation sites is 1. The van der Waals surface area contributed by atoms with Crippen LogP contribution < -0.4 is 4.90 Å². The molecule has 0 radical (unpaired) electrons. The van der Waals surface area contributed by atoms with Gasteiger partial charge in [-0.2, -0.15) is 0 Å². The molecular formula is C51H35N. The molecule has 3 aliphatic rings. The first kappa shape index (κ1) is 29.3. The van der Waals surface area contributed by atoms with Gasteiger partial charge in [-0.15, -0.1) is 0 Å². The zero-order chi connectivity index (χ0) is 34.4. The number of hydrogen-bond donors (Lipinski definition) is 0. The van der Waals surface area contributed by atoms with E-state index in [-0.39, 0.29) is 5.41 Å². The van der Waals surface area contributed by atoms with Crippen LogP contribution in [0.2, 0.25) is 0 Å². The van der Waals surface area contributed by atoms with E-state index in [1.807, 2.05) is 0 Å². The molecule has 1 nitrogen and oxygen atoms in total. The number of nitrogens with zero attached hydrogens (tertiary/aromatic N) is 1. The summed E-state index contributed by atoms with van der Waals surface area (Å²) >= 11 is 0. The Kier molecular flexibility index (Phi) is 6.08. The fourth-order valence-electron chi connectivity index (χ4n) is 10.3. The standard InChI is InChI=1S/C51H35N/c1-52(47-32-16-15-30-45(47)50(34-18-3-2-4-19-34)40-25-10-5-20-35(40)36-21-6-11-26-41(36)50)48-33-17-31-46-49(48)39-24-9-14-29-44(39)51(46)42-27-12-7-22-37(42)38-23-8-13-28-43(38)51/h2-33H,1H3. The molecule has 8 aromatic carbocycles. The topological polar surface area (TPSA) is 3.24 Å². The summed E-state index contributed by atoms with van der Waals surface area (Å²) in [6, 6.07) is 72.4. The molecule has 0 saturated heterocycles. The molecule has 0 N–H and O–H groups in total. The fraction of sp³-hybridized carbons (Fsp3) is 0.0588. The SMILES string of the molecule is CN(c1ccccc1C1(c2ccccc2)c2ccccc2-c2ccccc21)c1cccc2c1-c1ccccc1C21c2ccccc2-c2ccccc21.